The molecule has 2 amide bonds. The van der Waals surface area contributed by atoms with Gasteiger partial charge in [-0.1, -0.05) is 0 Å². The molecule has 0 bridgehead atoms. The van der Waals surface area contributed by atoms with Gasteiger partial charge in [0, 0.05) is 37.0 Å². The molecule has 2 aromatic rings. The molecule has 27 heavy (non-hydrogen) atoms. The Balaban J connectivity index is 1.33. The highest BCUT2D eigenvalue weighted by Gasteiger charge is 2.37. The van der Waals surface area contributed by atoms with E-state index in [0.717, 1.165) is 33.2 Å². The van der Waals surface area contributed by atoms with Gasteiger partial charge in [-0.25, -0.2) is 0 Å². The largest absolute Gasteiger partial charge is 0.486 e. The van der Waals surface area contributed by atoms with E-state index in [1.807, 2.05) is 40.1 Å². The smallest absolute Gasteiger partial charge is 0.264 e. The number of rotatable bonds is 2. The summed E-state index contributed by atoms with van der Waals surface area (Å²) in [6, 6.07) is 9.95. The van der Waals surface area contributed by atoms with Crippen LogP contribution in [0.5, 0.6) is 11.5 Å². The Morgan fingerprint density at radius 2 is 1.93 bits per heavy atom. The number of fused-ring (bicyclic) bond motifs is 2. The lowest BCUT2D eigenvalue weighted by molar-refractivity contribution is -0.130. The minimum atomic E-state index is 0.0581. The molecule has 0 aliphatic carbocycles. The second-order valence-electron chi connectivity index (χ2n) is 7.05. The molecule has 1 atom stereocenters. The maximum Gasteiger partial charge on any atom is 0.264 e. The fourth-order valence-electron chi connectivity index (χ4n) is 4.01. The van der Waals surface area contributed by atoms with E-state index in [4.69, 9.17) is 9.47 Å². The monoisotopic (exact) mass is 384 g/mol. The van der Waals surface area contributed by atoms with Crippen molar-refractivity contribution >= 4 is 23.2 Å². The van der Waals surface area contributed by atoms with Gasteiger partial charge in [-0.2, -0.15) is 0 Å². The molecule has 0 radical (unpaired) electrons. The number of carbonyl (C=O) groups is 2. The van der Waals surface area contributed by atoms with Crippen molar-refractivity contribution in [2.45, 2.75) is 18.9 Å². The average Bonchev–Trinajstić information content (AvgIpc) is 3.34. The van der Waals surface area contributed by atoms with Crippen LogP contribution in [0.3, 0.4) is 0 Å². The predicted molar refractivity (Wildman–Crippen MR) is 101 cm³/mol. The molecule has 4 heterocycles. The lowest BCUT2D eigenvalue weighted by Gasteiger charge is -2.37. The molecular weight excluding hydrogens is 364 g/mol. The van der Waals surface area contributed by atoms with Crippen molar-refractivity contribution in [3.63, 3.8) is 0 Å². The summed E-state index contributed by atoms with van der Waals surface area (Å²) in [6.45, 7) is 3.03. The van der Waals surface area contributed by atoms with E-state index in [-0.39, 0.29) is 17.9 Å². The summed E-state index contributed by atoms with van der Waals surface area (Å²) >= 11 is 1.50. The summed E-state index contributed by atoms with van der Waals surface area (Å²) in [5.41, 5.74) is 1.02. The van der Waals surface area contributed by atoms with Crippen molar-refractivity contribution in [1.29, 1.82) is 0 Å². The van der Waals surface area contributed by atoms with Crippen LogP contribution in [0.1, 0.15) is 22.5 Å². The van der Waals surface area contributed by atoms with E-state index >= 15 is 0 Å². The second-order valence-corrected chi connectivity index (χ2v) is 8.14. The van der Waals surface area contributed by atoms with Crippen LogP contribution < -0.4 is 9.47 Å². The van der Waals surface area contributed by atoms with Gasteiger partial charge < -0.3 is 19.3 Å². The van der Waals surface area contributed by atoms with E-state index in [1.165, 1.54) is 11.3 Å². The summed E-state index contributed by atoms with van der Waals surface area (Å²) in [7, 11) is 0. The number of amides is 2. The first-order valence-corrected chi connectivity index (χ1v) is 10.1. The topological polar surface area (TPSA) is 59.1 Å². The third kappa shape index (κ3) is 2.96. The molecule has 0 spiro atoms. The van der Waals surface area contributed by atoms with E-state index < -0.39 is 0 Å². The van der Waals surface area contributed by atoms with Crippen LogP contribution in [-0.2, 0) is 4.79 Å². The number of thiophene rings is 1. The normalized spacial score (nSPS) is 21.3. The SMILES string of the molecule is O=C(c1ccc(-c2ccc3c(c2)OCCO3)s1)N1CCN2C(=O)CC[C@@H]2C1. The van der Waals surface area contributed by atoms with Crippen molar-refractivity contribution in [3.05, 3.63) is 35.2 Å². The number of hydrogen-bond acceptors (Lipinski definition) is 5. The molecule has 140 valence electrons. The van der Waals surface area contributed by atoms with Gasteiger partial charge >= 0.3 is 0 Å². The van der Waals surface area contributed by atoms with Crippen molar-refractivity contribution in [2.75, 3.05) is 32.8 Å². The molecule has 3 aliphatic heterocycles. The van der Waals surface area contributed by atoms with Gasteiger partial charge in [0.05, 0.1) is 4.88 Å². The summed E-state index contributed by atoms with van der Waals surface area (Å²) in [4.78, 5) is 30.3. The highest BCUT2D eigenvalue weighted by molar-refractivity contribution is 7.17. The summed E-state index contributed by atoms with van der Waals surface area (Å²) in [5.74, 6) is 1.80. The Morgan fingerprint density at radius 3 is 2.81 bits per heavy atom. The number of nitrogens with zero attached hydrogens (tertiary/aromatic N) is 2. The molecule has 5 rings (SSSR count). The maximum absolute atomic E-state index is 12.9. The van der Waals surface area contributed by atoms with Crippen molar-refractivity contribution < 1.29 is 19.1 Å². The third-order valence-corrected chi connectivity index (χ3v) is 6.55. The van der Waals surface area contributed by atoms with Crippen LogP contribution in [0, 0.1) is 0 Å². The van der Waals surface area contributed by atoms with Crippen molar-refractivity contribution in [3.8, 4) is 21.9 Å². The molecule has 2 fully saturated rings. The molecule has 1 aromatic heterocycles. The minimum absolute atomic E-state index is 0.0581. The van der Waals surface area contributed by atoms with E-state index in [9.17, 15) is 9.59 Å². The quantitative estimate of drug-likeness (QED) is 0.799. The van der Waals surface area contributed by atoms with Crippen molar-refractivity contribution in [2.24, 2.45) is 0 Å². The number of ether oxygens (including phenoxy) is 2. The predicted octanol–water partition coefficient (Wildman–Crippen LogP) is 2.63. The van der Waals surface area contributed by atoms with Crippen LogP contribution in [0.25, 0.3) is 10.4 Å². The first-order valence-electron chi connectivity index (χ1n) is 9.27. The van der Waals surface area contributed by atoms with Gasteiger partial charge in [-0.05, 0) is 42.3 Å². The van der Waals surface area contributed by atoms with E-state index in [2.05, 4.69) is 0 Å². The Kier molecular flexibility index (Phi) is 4.04. The van der Waals surface area contributed by atoms with Crippen molar-refractivity contribution in [1.82, 2.24) is 9.80 Å². The highest BCUT2D eigenvalue weighted by atomic mass is 32.1. The van der Waals surface area contributed by atoms with Crippen LogP contribution in [-0.4, -0.2) is 60.5 Å². The van der Waals surface area contributed by atoms with Gasteiger partial charge in [0.1, 0.15) is 13.2 Å². The summed E-state index contributed by atoms with van der Waals surface area (Å²) in [6.07, 6.45) is 1.47. The van der Waals surface area contributed by atoms with E-state index in [1.54, 1.807) is 0 Å². The molecule has 0 unspecified atom stereocenters. The van der Waals surface area contributed by atoms with Crippen LogP contribution in [0.2, 0.25) is 0 Å². The molecule has 3 aliphatic rings. The Bertz CT molecular complexity index is 909. The van der Waals surface area contributed by atoms with Gasteiger partial charge in [-0.3, -0.25) is 9.59 Å². The second kappa shape index (κ2) is 6.56. The number of hydrogen-bond donors (Lipinski definition) is 0. The van der Waals surface area contributed by atoms with Crippen LogP contribution in [0.15, 0.2) is 30.3 Å². The Labute approximate surface area is 161 Å². The number of benzene rings is 1. The number of piperazine rings is 1. The molecular formula is C20H20N2O4S. The lowest BCUT2D eigenvalue weighted by atomic mass is 10.1. The fraction of sp³-hybridized carbons (Fsp3) is 0.400. The van der Waals surface area contributed by atoms with Gasteiger partial charge in [0.25, 0.3) is 5.91 Å². The number of carbonyl (C=O) groups excluding carboxylic acids is 2. The fourth-order valence-corrected chi connectivity index (χ4v) is 4.98. The lowest BCUT2D eigenvalue weighted by Crippen LogP contribution is -2.53. The van der Waals surface area contributed by atoms with Gasteiger partial charge in [0.15, 0.2) is 11.5 Å². The first kappa shape index (κ1) is 16.6. The zero-order valence-corrected chi connectivity index (χ0v) is 15.7. The Morgan fingerprint density at radius 1 is 1.07 bits per heavy atom. The van der Waals surface area contributed by atoms with Crippen LogP contribution in [0.4, 0.5) is 0 Å². The molecule has 0 N–H and O–H groups in total. The molecule has 7 heteroatoms. The Hall–Kier alpha value is -2.54. The zero-order chi connectivity index (χ0) is 18.4. The third-order valence-electron chi connectivity index (χ3n) is 5.43. The highest BCUT2D eigenvalue weighted by Crippen LogP contribution is 2.37. The zero-order valence-electron chi connectivity index (χ0n) is 14.8. The molecule has 0 saturated carbocycles. The average molecular weight is 384 g/mol. The summed E-state index contributed by atoms with van der Waals surface area (Å²) in [5, 5.41) is 0. The van der Waals surface area contributed by atoms with Gasteiger partial charge in [-0.15, -0.1) is 11.3 Å². The molecule has 2 saturated heterocycles. The first-order chi connectivity index (χ1) is 13.2. The molecule has 6 nitrogen and oxygen atoms in total. The molecule has 1 aromatic carbocycles. The van der Waals surface area contributed by atoms with E-state index in [0.29, 0.717) is 39.3 Å². The maximum atomic E-state index is 12.9. The minimum Gasteiger partial charge on any atom is -0.486 e. The van der Waals surface area contributed by atoms with Gasteiger partial charge in [0.2, 0.25) is 5.91 Å². The summed E-state index contributed by atoms with van der Waals surface area (Å²) < 4.78 is 11.2. The van der Waals surface area contributed by atoms with Crippen LogP contribution >= 0.6 is 11.3 Å². The standard InChI is InChI=1S/C20H20N2O4S/c23-19-6-2-14-12-21(7-8-22(14)19)20(24)18-5-4-17(27-18)13-1-3-15-16(11-13)26-10-9-25-15/h1,3-5,11,14H,2,6-10,12H2/t14-/m1/s1.